The number of benzene rings is 2. The van der Waals surface area contributed by atoms with E-state index >= 15 is 4.39 Å². The Morgan fingerprint density at radius 3 is 2.40 bits per heavy atom. The zero-order valence-electron chi connectivity index (χ0n) is 35.7. The van der Waals surface area contributed by atoms with Gasteiger partial charge in [-0.05, 0) is 86.2 Å². The van der Waals surface area contributed by atoms with Crippen LogP contribution in [0.15, 0.2) is 72.5 Å². The average molecular weight is 849 g/mol. The van der Waals surface area contributed by atoms with E-state index < -0.39 is 11.7 Å². The summed E-state index contributed by atoms with van der Waals surface area (Å²) in [7, 11) is 0. The number of allylic oxidation sites excluding steroid dienone is 1. The molecule has 0 radical (unpaired) electrons. The predicted octanol–water partition coefficient (Wildman–Crippen LogP) is 4.85. The number of nitrogens with two attached hydrogens (primary N) is 3. The molecule has 4 aliphatic heterocycles. The first-order valence-corrected chi connectivity index (χ1v) is 21.5. The van der Waals surface area contributed by atoms with Crippen LogP contribution >= 0.6 is 0 Å². The van der Waals surface area contributed by atoms with Crippen LogP contribution in [0.3, 0.4) is 0 Å². The summed E-state index contributed by atoms with van der Waals surface area (Å²) < 4.78 is 24.9. The zero-order chi connectivity index (χ0) is 43.9. The molecule has 4 aromatic rings. The number of imide groups is 1. The number of nitrogens with one attached hydrogen (secondary N) is 1. The summed E-state index contributed by atoms with van der Waals surface area (Å²) >= 11 is 0. The molecule has 4 amide bonds. The molecule has 1 atom stereocenters. The van der Waals surface area contributed by atoms with Crippen LogP contribution in [0.1, 0.15) is 82.4 Å². The molecule has 2 aromatic heterocycles. The number of alkyl halides is 1. The van der Waals surface area contributed by atoms with Gasteiger partial charge in [-0.15, -0.1) is 0 Å². The first-order valence-electron chi connectivity index (χ1n) is 21.5. The Labute approximate surface area is 360 Å². The molecular formula is C46H57FN10O5. The molecule has 0 spiro atoms. The van der Waals surface area contributed by atoms with Crippen molar-refractivity contribution in [3.8, 4) is 5.75 Å². The second kappa shape index (κ2) is 17.3. The highest BCUT2D eigenvalue weighted by Crippen LogP contribution is 2.36. The number of hydrogen-bond acceptors (Lipinski definition) is 11. The van der Waals surface area contributed by atoms with E-state index in [0.717, 1.165) is 59.2 Å². The number of morpholine rings is 1. The summed E-state index contributed by atoms with van der Waals surface area (Å²) in [6, 6.07) is 12.5. The number of likely N-dealkylation sites (tertiary alicyclic amines) is 2. The normalized spacial score (nSPS) is 20.4. The fourth-order valence-electron chi connectivity index (χ4n) is 9.49. The quantitative estimate of drug-likeness (QED) is 0.144. The molecule has 62 heavy (non-hydrogen) atoms. The van der Waals surface area contributed by atoms with Crippen molar-refractivity contribution in [1.82, 2.24) is 29.6 Å². The molecule has 0 bridgehead atoms. The number of pyridine rings is 1. The molecule has 2 aromatic carbocycles. The van der Waals surface area contributed by atoms with E-state index in [9.17, 15) is 19.5 Å². The SMILES string of the molecule is Cc1cc(C2CN(C(/C=C(\N)c3ccccc3O)=C(N)N)CCO2)c(C)cc1C(=O)N1CCC(F)(CN2CCC(n3cc(C)c4cc(N5CCC(=O)NC5=O)cnc43)CC2)CC1. The molecular weight excluding hydrogens is 792 g/mol. The highest BCUT2D eigenvalue weighted by molar-refractivity contribution is 6.06. The maximum atomic E-state index is 16.5. The second-order valence-electron chi connectivity index (χ2n) is 17.3. The van der Waals surface area contributed by atoms with Gasteiger partial charge >= 0.3 is 6.03 Å². The Balaban J connectivity index is 0.856. The number of amides is 4. The van der Waals surface area contributed by atoms with Crippen LogP contribution in [0.4, 0.5) is 14.9 Å². The van der Waals surface area contributed by atoms with Gasteiger partial charge < -0.3 is 46.3 Å². The number of halogens is 1. The maximum Gasteiger partial charge on any atom is 0.328 e. The van der Waals surface area contributed by atoms with Crippen molar-refractivity contribution in [1.29, 1.82) is 0 Å². The van der Waals surface area contributed by atoms with Crippen molar-refractivity contribution < 1.29 is 28.6 Å². The van der Waals surface area contributed by atoms with Gasteiger partial charge in [-0.25, -0.2) is 14.2 Å². The number of anilines is 1. The van der Waals surface area contributed by atoms with Gasteiger partial charge in [0.15, 0.2) is 0 Å². The van der Waals surface area contributed by atoms with Gasteiger partial charge in [0.05, 0.1) is 24.2 Å². The lowest BCUT2D eigenvalue weighted by Gasteiger charge is -2.41. The zero-order valence-corrected chi connectivity index (χ0v) is 35.7. The summed E-state index contributed by atoms with van der Waals surface area (Å²) in [5.74, 6) is -0.216. The minimum atomic E-state index is -1.38. The van der Waals surface area contributed by atoms with E-state index in [4.69, 9.17) is 26.9 Å². The maximum absolute atomic E-state index is 16.5. The first kappa shape index (κ1) is 42.6. The Bertz CT molecular complexity index is 2440. The van der Waals surface area contributed by atoms with E-state index in [1.54, 1.807) is 46.3 Å². The number of hydrogen-bond donors (Lipinski definition) is 5. The summed E-state index contributed by atoms with van der Waals surface area (Å²) in [4.78, 5) is 50.4. The van der Waals surface area contributed by atoms with Crippen molar-refractivity contribution in [2.45, 2.75) is 70.7 Å². The van der Waals surface area contributed by atoms with E-state index in [1.807, 2.05) is 43.9 Å². The standard InChI is InChI=1S/C46H57FN10O5/c1-28-21-36(29(2)20-34(28)40-26-55(18-19-62-40)38(42(49)50)23-37(48)33-6-4-5-7-39(33)58)44(60)54-16-11-46(47,12-17-54)27-53-13-8-31(9-14-53)57-25-30(3)35-22-32(24-51-43(35)57)56-15-10-41(59)52-45(56)61/h4-7,20-25,31,40,58H,8-19,26-27,48-50H2,1-3H3,(H,52,59,61)/b37-23-. The van der Waals surface area contributed by atoms with Crippen molar-refractivity contribution in [2.24, 2.45) is 17.2 Å². The van der Waals surface area contributed by atoms with Crippen molar-refractivity contribution >= 4 is 40.3 Å². The molecule has 6 heterocycles. The summed E-state index contributed by atoms with van der Waals surface area (Å²) in [5, 5.41) is 13.7. The minimum absolute atomic E-state index is 0.0555. The number of phenols is 1. The molecule has 16 heteroatoms. The number of ether oxygens (including phenoxy) is 1. The van der Waals surface area contributed by atoms with Crippen LogP contribution in [0, 0.1) is 20.8 Å². The Morgan fingerprint density at radius 2 is 1.69 bits per heavy atom. The lowest BCUT2D eigenvalue weighted by molar-refractivity contribution is -0.120. The van der Waals surface area contributed by atoms with E-state index in [1.165, 1.54) is 0 Å². The minimum Gasteiger partial charge on any atom is -0.507 e. The van der Waals surface area contributed by atoms with Crippen molar-refractivity contribution in [3.05, 3.63) is 106 Å². The largest absolute Gasteiger partial charge is 0.507 e. The third-order valence-corrected chi connectivity index (χ3v) is 13.0. The number of phenolic OH excluding ortho intramolecular Hbond substituents is 1. The molecule has 4 fully saturated rings. The molecule has 8 N–H and O–H groups in total. The molecule has 328 valence electrons. The topological polar surface area (TPSA) is 202 Å². The third-order valence-electron chi connectivity index (χ3n) is 13.0. The first-order chi connectivity index (χ1) is 29.7. The molecule has 0 aliphatic carbocycles. The number of aromatic nitrogens is 2. The van der Waals surface area contributed by atoms with Crippen molar-refractivity contribution in [3.63, 3.8) is 0 Å². The number of carbonyl (C=O) groups is 3. The fourth-order valence-corrected chi connectivity index (χ4v) is 9.49. The predicted molar refractivity (Wildman–Crippen MR) is 236 cm³/mol. The van der Waals surface area contributed by atoms with Gasteiger partial charge in [0.2, 0.25) is 5.91 Å². The number of urea groups is 1. The number of fused-ring (bicyclic) bond motifs is 1. The smallest absolute Gasteiger partial charge is 0.328 e. The summed E-state index contributed by atoms with van der Waals surface area (Å²) in [5.41, 5.74) is 24.5. The van der Waals surface area contributed by atoms with Crippen LogP contribution in [0.25, 0.3) is 16.7 Å². The fraction of sp³-hybridized carbons (Fsp3) is 0.435. The molecule has 4 aliphatic rings. The molecule has 1 unspecified atom stereocenters. The van der Waals surface area contributed by atoms with Crippen molar-refractivity contribution in [2.75, 3.05) is 63.9 Å². The second-order valence-corrected chi connectivity index (χ2v) is 17.3. The van der Waals surface area contributed by atoms with Gasteiger partial charge in [-0.2, -0.15) is 0 Å². The number of aromatic hydroxyl groups is 1. The number of carbonyl (C=O) groups excluding carboxylic acids is 3. The van der Waals surface area contributed by atoms with Gasteiger partial charge in [-0.1, -0.05) is 18.2 Å². The Kier molecular flexibility index (Phi) is 11.9. The summed E-state index contributed by atoms with van der Waals surface area (Å²) in [6.07, 6.45) is 7.67. The van der Waals surface area contributed by atoms with Gasteiger partial charge in [0.1, 0.15) is 29.0 Å². The van der Waals surface area contributed by atoms with Crippen LogP contribution in [0.5, 0.6) is 5.75 Å². The van der Waals surface area contributed by atoms with Crippen LogP contribution in [-0.4, -0.2) is 112 Å². The Hall–Kier alpha value is -6.13. The number of rotatable bonds is 9. The van der Waals surface area contributed by atoms with Gasteiger partial charge in [-0.3, -0.25) is 19.8 Å². The van der Waals surface area contributed by atoms with Crippen LogP contribution in [-0.2, 0) is 9.53 Å². The number of nitrogens with zero attached hydrogens (tertiary/aromatic N) is 6. The van der Waals surface area contributed by atoms with E-state index in [0.29, 0.717) is 74.1 Å². The van der Waals surface area contributed by atoms with Crippen LogP contribution < -0.4 is 27.4 Å². The number of piperidine rings is 2. The van der Waals surface area contributed by atoms with Gasteiger partial charge in [0.25, 0.3) is 5.91 Å². The highest BCUT2D eigenvalue weighted by atomic mass is 19.1. The Morgan fingerprint density at radius 1 is 0.952 bits per heavy atom. The molecule has 4 saturated heterocycles. The van der Waals surface area contributed by atoms with Crippen LogP contribution in [0.2, 0.25) is 0 Å². The van der Waals surface area contributed by atoms with E-state index in [2.05, 4.69) is 21.0 Å². The van der Waals surface area contributed by atoms with Gasteiger partial charge in [0, 0.05) is 106 Å². The lowest BCUT2D eigenvalue weighted by atomic mass is 9.90. The third kappa shape index (κ3) is 8.66. The average Bonchev–Trinajstić information content (AvgIpc) is 3.58. The molecule has 8 rings (SSSR count). The number of aryl methyl sites for hydroxylation is 3. The molecule has 15 nitrogen and oxygen atoms in total. The molecule has 0 saturated carbocycles. The summed E-state index contributed by atoms with van der Waals surface area (Å²) in [6.45, 7) is 10.2. The lowest BCUT2D eigenvalue weighted by Crippen LogP contribution is -2.51. The highest BCUT2D eigenvalue weighted by Gasteiger charge is 2.39. The number of para-hydroxylation sites is 1. The van der Waals surface area contributed by atoms with E-state index in [-0.39, 0.29) is 54.8 Å². The monoisotopic (exact) mass is 848 g/mol.